The van der Waals surface area contributed by atoms with Crippen LogP contribution in [0.2, 0.25) is 0 Å². The molecule has 0 aromatic carbocycles. The molecule has 6 heteroatoms. The predicted octanol–water partition coefficient (Wildman–Crippen LogP) is 26.4. The molecule has 0 fully saturated rings. The maximum atomic E-state index is 12.5. The number of carbonyl (C=O) groups is 2. The number of ether oxygens (including phenoxy) is 1. The fourth-order valence-electron chi connectivity index (χ4n) is 12.9. The van der Waals surface area contributed by atoms with Crippen LogP contribution in [-0.2, 0) is 14.3 Å². The number of aliphatic hydroxyl groups is 2. The highest BCUT2D eigenvalue weighted by Crippen LogP contribution is 2.20. The number of hydrogen-bond donors (Lipinski definition) is 3. The quantitative estimate of drug-likeness (QED) is 0.0320. The van der Waals surface area contributed by atoms with Crippen LogP contribution in [0.1, 0.15) is 457 Å². The number of aliphatic hydroxyl groups excluding tert-OH is 2. The molecule has 0 saturated carbocycles. The Kier molecular flexibility index (Phi) is 75.3. The van der Waals surface area contributed by atoms with Gasteiger partial charge in [-0.3, -0.25) is 9.59 Å². The molecule has 0 rings (SSSR count). The van der Waals surface area contributed by atoms with Gasteiger partial charge < -0.3 is 20.3 Å². The number of unbranched alkanes of at least 4 members (excludes halogenated alkanes) is 63. The van der Waals surface area contributed by atoms with Gasteiger partial charge in [-0.05, 0) is 57.8 Å². The molecule has 1 amide bonds. The highest BCUT2D eigenvalue weighted by atomic mass is 16.5. The summed E-state index contributed by atoms with van der Waals surface area (Å²) in [5, 5.41) is 23.2. The van der Waals surface area contributed by atoms with Crippen LogP contribution in [0.4, 0.5) is 0 Å². The molecule has 3 N–H and O–H groups in total. The number of esters is 1. The van der Waals surface area contributed by atoms with Crippen LogP contribution >= 0.6 is 0 Å². The molecule has 0 radical (unpaired) electrons. The van der Waals surface area contributed by atoms with Gasteiger partial charge in [0.15, 0.2) is 0 Å². The zero-order chi connectivity index (χ0) is 62.8. The van der Waals surface area contributed by atoms with E-state index in [0.717, 1.165) is 38.5 Å². The smallest absolute Gasteiger partial charge is 0.305 e. The summed E-state index contributed by atoms with van der Waals surface area (Å²) in [5.41, 5.74) is 0. The Labute approximate surface area is 545 Å². The fraction of sp³-hybridized carbons (Fsp3) is 0.926. The molecule has 0 spiro atoms. The lowest BCUT2D eigenvalue weighted by Crippen LogP contribution is -2.45. The predicted molar refractivity (Wildman–Crippen MR) is 384 cm³/mol. The molecule has 2 unspecified atom stereocenters. The second-order valence-electron chi connectivity index (χ2n) is 27.8. The molecular formula is C81H157NO5. The van der Waals surface area contributed by atoms with Crippen LogP contribution in [0.3, 0.4) is 0 Å². The van der Waals surface area contributed by atoms with Crippen molar-refractivity contribution in [3.05, 3.63) is 24.3 Å². The van der Waals surface area contributed by atoms with Crippen molar-refractivity contribution >= 4 is 11.9 Å². The molecule has 0 aliphatic rings. The number of hydrogen-bond acceptors (Lipinski definition) is 5. The Morgan fingerprint density at radius 3 is 0.816 bits per heavy atom. The molecule has 0 heterocycles. The Balaban J connectivity index is 3.33. The molecule has 0 aliphatic heterocycles. The zero-order valence-electron chi connectivity index (χ0n) is 59.3. The van der Waals surface area contributed by atoms with Gasteiger partial charge in [0.1, 0.15) is 0 Å². The van der Waals surface area contributed by atoms with Gasteiger partial charge in [0.25, 0.3) is 0 Å². The van der Waals surface area contributed by atoms with Gasteiger partial charge in [-0.2, -0.15) is 0 Å². The summed E-state index contributed by atoms with van der Waals surface area (Å²) in [6.07, 6.45) is 98.8. The lowest BCUT2D eigenvalue weighted by molar-refractivity contribution is -0.143. The number of carbonyl (C=O) groups excluding carboxylic acids is 2. The second-order valence-corrected chi connectivity index (χ2v) is 27.8. The Bertz CT molecular complexity index is 1360. The third kappa shape index (κ3) is 73.3. The molecular weight excluding hydrogens is 1070 g/mol. The second kappa shape index (κ2) is 76.8. The molecule has 87 heavy (non-hydrogen) atoms. The van der Waals surface area contributed by atoms with Gasteiger partial charge in [0.2, 0.25) is 5.91 Å². The van der Waals surface area contributed by atoms with E-state index < -0.39 is 12.1 Å². The van der Waals surface area contributed by atoms with Crippen LogP contribution in [0.25, 0.3) is 0 Å². The fourth-order valence-corrected chi connectivity index (χ4v) is 12.9. The first kappa shape index (κ1) is 85.3. The van der Waals surface area contributed by atoms with Crippen LogP contribution in [0.5, 0.6) is 0 Å². The van der Waals surface area contributed by atoms with Crippen LogP contribution in [0.15, 0.2) is 24.3 Å². The van der Waals surface area contributed by atoms with Gasteiger partial charge in [0, 0.05) is 12.8 Å². The van der Waals surface area contributed by atoms with E-state index in [1.807, 2.05) is 6.08 Å². The highest BCUT2D eigenvalue weighted by molar-refractivity contribution is 5.76. The van der Waals surface area contributed by atoms with E-state index in [-0.39, 0.29) is 18.5 Å². The molecule has 2 atom stereocenters. The van der Waals surface area contributed by atoms with Gasteiger partial charge >= 0.3 is 5.97 Å². The molecule has 516 valence electrons. The van der Waals surface area contributed by atoms with E-state index in [9.17, 15) is 19.8 Å². The van der Waals surface area contributed by atoms with Crippen LogP contribution in [0, 0.1) is 0 Å². The maximum Gasteiger partial charge on any atom is 0.305 e. The van der Waals surface area contributed by atoms with Crippen LogP contribution in [-0.4, -0.2) is 47.4 Å². The summed E-state index contributed by atoms with van der Waals surface area (Å²) in [4.78, 5) is 24.6. The van der Waals surface area contributed by atoms with Crippen LogP contribution < -0.4 is 5.32 Å². The first-order valence-corrected chi connectivity index (χ1v) is 40.1. The van der Waals surface area contributed by atoms with E-state index >= 15 is 0 Å². The molecule has 0 aliphatic carbocycles. The summed E-state index contributed by atoms with van der Waals surface area (Å²) >= 11 is 0. The minimum atomic E-state index is -0.842. The zero-order valence-corrected chi connectivity index (χ0v) is 59.3. The van der Waals surface area contributed by atoms with Crippen molar-refractivity contribution in [1.82, 2.24) is 5.32 Å². The average Bonchev–Trinajstić information content (AvgIpc) is 3.54. The normalized spacial score (nSPS) is 12.6. The Hall–Kier alpha value is -1.66. The summed E-state index contributed by atoms with van der Waals surface area (Å²) < 4.78 is 5.52. The first-order valence-electron chi connectivity index (χ1n) is 40.1. The van der Waals surface area contributed by atoms with E-state index in [1.54, 1.807) is 6.08 Å². The lowest BCUT2D eigenvalue weighted by Gasteiger charge is -2.20. The average molecular weight is 1230 g/mol. The summed E-state index contributed by atoms with van der Waals surface area (Å²) in [7, 11) is 0. The number of amides is 1. The van der Waals surface area contributed by atoms with Gasteiger partial charge in [0.05, 0.1) is 25.4 Å². The third-order valence-corrected chi connectivity index (χ3v) is 19.0. The van der Waals surface area contributed by atoms with Gasteiger partial charge in [-0.25, -0.2) is 0 Å². The number of allylic oxidation sites excluding steroid dienone is 3. The molecule has 6 nitrogen and oxygen atoms in total. The van der Waals surface area contributed by atoms with Crippen molar-refractivity contribution in [2.24, 2.45) is 0 Å². The largest absolute Gasteiger partial charge is 0.466 e. The number of rotatable bonds is 76. The Morgan fingerprint density at radius 2 is 0.540 bits per heavy atom. The van der Waals surface area contributed by atoms with Crippen molar-refractivity contribution in [2.75, 3.05) is 13.2 Å². The SMILES string of the molecule is CCCCCCCCCCCCCCCCC/C=C/C(O)C(CO)NC(=O)CCCCCCCCCCCCCCCCCCC/C=C\CCCCCCCCCCCCCCCCOC(=O)CCCCCCCCCCCCCCCCCCCC. The standard InChI is InChI=1S/C81H157NO5/c1-3-5-7-9-11-13-15-17-19-21-43-47-51-55-59-63-67-71-75-81(86)87-76-72-68-64-60-56-52-48-44-40-38-36-34-32-30-28-26-24-22-23-25-27-29-31-33-35-37-39-42-46-50-54-58-62-66-70-74-80(85)82-78(77-83)79(84)73-69-65-61-57-53-49-45-41-20-18-16-14-12-10-8-6-4-2/h24,26,69,73,78-79,83-84H,3-23,25,27-68,70-72,74-77H2,1-2H3,(H,82,85)/b26-24-,73-69+. The van der Waals surface area contributed by atoms with E-state index in [2.05, 4.69) is 31.3 Å². The molecule has 0 aromatic rings. The van der Waals surface area contributed by atoms with E-state index in [1.165, 1.54) is 392 Å². The van der Waals surface area contributed by atoms with E-state index in [4.69, 9.17) is 4.74 Å². The van der Waals surface area contributed by atoms with Gasteiger partial charge in [-0.15, -0.1) is 0 Å². The summed E-state index contributed by atoms with van der Waals surface area (Å²) in [6.45, 7) is 4.96. The topological polar surface area (TPSA) is 95.9 Å². The molecule has 0 saturated heterocycles. The monoisotopic (exact) mass is 1220 g/mol. The number of nitrogens with one attached hydrogen (secondary N) is 1. The molecule has 0 aromatic heterocycles. The van der Waals surface area contributed by atoms with Crippen molar-refractivity contribution in [1.29, 1.82) is 0 Å². The maximum absolute atomic E-state index is 12.5. The van der Waals surface area contributed by atoms with Gasteiger partial charge in [-0.1, -0.05) is 411 Å². The summed E-state index contributed by atoms with van der Waals surface area (Å²) in [6, 6.07) is -0.625. The van der Waals surface area contributed by atoms with E-state index in [0.29, 0.717) is 19.4 Å². The van der Waals surface area contributed by atoms with Crippen molar-refractivity contribution in [3.8, 4) is 0 Å². The molecule has 0 bridgehead atoms. The highest BCUT2D eigenvalue weighted by Gasteiger charge is 2.18. The Morgan fingerprint density at radius 1 is 0.310 bits per heavy atom. The minimum Gasteiger partial charge on any atom is -0.466 e. The van der Waals surface area contributed by atoms with Crippen molar-refractivity contribution in [3.63, 3.8) is 0 Å². The van der Waals surface area contributed by atoms with Crippen molar-refractivity contribution < 1.29 is 24.5 Å². The first-order chi connectivity index (χ1) is 43.0. The minimum absolute atomic E-state index is 0.0254. The summed E-state index contributed by atoms with van der Waals surface area (Å²) in [5.74, 6) is -0.0352. The lowest BCUT2D eigenvalue weighted by atomic mass is 10.0. The third-order valence-electron chi connectivity index (χ3n) is 19.0. The van der Waals surface area contributed by atoms with Crippen molar-refractivity contribution in [2.45, 2.75) is 469 Å².